The first-order chi connectivity index (χ1) is 32.9. The first kappa shape index (κ1) is 56.4. The number of nitrogens with zero attached hydrogens (tertiary/aromatic N) is 12. The molecule has 0 saturated heterocycles. The van der Waals surface area contributed by atoms with E-state index in [1.807, 2.05) is 0 Å². The third kappa shape index (κ3) is 22.7. The van der Waals surface area contributed by atoms with Gasteiger partial charge in [-0.2, -0.15) is 0 Å². The molecule has 0 amide bonds. The molecule has 0 radical (unpaired) electrons. The van der Waals surface area contributed by atoms with E-state index in [-0.39, 0.29) is 85.5 Å². The van der Waals surface area contributed by atoms with Crippen molar-refractivity contribution < 1.29 is 74.1 Å². The van der Waals surface area contributed by atoms with E-state index in [0.29, 0.717) is 45.5 Å². The molecule has 0 heterocycles. The third-order valence-electron chi connectivity index (χ3n) is 7.89. The van der Waals surface area contributed by atoms with Gasteiger partial charge in [0.1, 0.15) is 46.5 Å². The van der Waals surface area contributed by atoms with Crippen molar-refractivity contribution in [2.24, 2.45) is 41.4 Å². The van der Waals surface area contributed by atoms with E-state index in [1.165, 1.54) is 194 Å². The Morgan fingerprint density at radius 2 is 0.329 bits per heavy atom. The van der Waals surface area contributed by atoms with Gasteiger partial charge in [0.25, 0.3) is 0 Å². The number of rotatable bonds is 12. The smallest absolute Gasteiger partial charge is 0.350 e. The van der Waals surface area contributed by atoms with Gasteiger partial charge in [-0.15, -0.1) is 0 Å². The summed E-state index contributed by atoms with van der Waals surface area (Å²) in [4.78, 5) is 0. The Bertz CT molecular complexity index is 2430. The molecule has 0 bridgehead atoms. The third-order valence-corrected chi connectivity index (χ3v) is 7.89. The number of hydrogen-bond donors (Lipinski definition) is 0. The number of halogens is 8. The number of hydrogen-bond acceptors (Lipinski definition) is 8. The zero-order valence-corrected chi connectivity index (χ0v) is 39.0. The van der Waals surface area contributed by atoms with Crippen LogP contribution in [-0.4, -0.2) is 0 Å². The van der Waals surface area contributed by atoms with Gasteiger partial charge in [-0.05, 0) is 143 Å². The normalized spacial score (nSPS) is 10.4. The second kappa shape index (κ2) is 31.2. The molecule has 356 valence electrons. The van der Waals surface area contributed by atoms with Crippen molar-refractivity contribution in [3.63, 3.8) is 0 Å². The van der Waals surface area contributed by atoms with Gasteiger partial charge in [0.15, 0.2) is 0 Å². The van der Waals surface area contributed by atoms with Gasteiger partial charge in [-0.3, -0.25) is 20.9 Å². The maximum Gasteiger partial charge on any atom is 2.00 e. The molecule has 0 N–H and O–H groups in total. The predicted molar refractivity (Wildman–Crippen MR) is 241 cm³/mol. The number of benzene rings is 8. The Labute approximate surface area is 421 Å². The van der Waals surface area contributed by atoms with Crippen LogP contribution in [0, 0.1) is 46.5 Å². The summed E-state index contributed by atoms with van der Waals surface area (Å²) in [7, 11) is 0. The van der Waals surface area contributed by atoms with Crippen molar-refractivity contribution in [2.75, 3.05) is 0 Å². The first-order valence-electron chi connectivity index (χ1n) is 19.5. The second-order valence-corrected chi connectivity index (χ2v) is 13.0. The summed E-state index contributed by atoms with van der Waals surface area (Å²) >= 11 is 0. The Kier molecular flexibility index (Phi) is 25.1. The molecule has 0 saturated carbocycles. The Morgan fingerprint density at radius 3 is 0.471 bits per heavy atom. The Morgan fingerprint density at radius 1 is 0.200 bits per heavy atom. The van der Waals surface area contributed by atoms with Crippen LogP contribution in [0.4, 0.5) is 80.6 Å². The fourth-order valence-electron chi connectivity index (χ4n) is 4.56. The van der Waals surface area contributed by atoms with E-state index >= 15 is 0 Å². The molecule has 0 fully saturated rings. The molecule has 0 aromatic heterocycles. The van der Waals surface area contributed by atoms with E-state index in [2.05, 4.69) is 63.1 Å². The van der Waals surface area contributed by atoms with Gasteiger partial charge in [0.05, 0.1) is 0 Å². The Hall–Kier alpha value is -7.95. The van der Waals surface area contributed by atoms with E-state index in [4.69, 9.17) is 0 Å². The molecule has 70 heavy (non-hydrogen) atoms. The first-order valence-corrected chi connectivity index (χ1v) is 19.5. The molecule has 0 atom stereocenters. The van der Waals surface area contributed by atoms with Crippen LogP contribution in [0.5, 0.6) is 0 Å². The SMILES string of the molecule is Fc1ccc(N=N[N-]c2ccc(F)cc2)cc1.Fc1ccc(N=N[N-]c2ccc(F)cc2)cc1.Fc1ccc(N=N[N-]c2ccc(F)cc2)cc1.Fc1ccc(N=N[N-]c2ccc(F)cc2)cc1.[Ru+2].[Ru+2]. The summed E-state index contributed by atoms with van der Waals surface area (Å²) in [6, 6.07) is 44.3. The quantitative estimate of drug-likeness (QED) is 0.0494. The minimum atomic E-state index is -0.334. The van der Waals surface area contributed by atoms with E-state index in [9.17, 15) is 35.1 Å². The monoisotopic (exact) mass is 1130 g/mol. The fourth-order valence-corrected chi connectivity index (χ4v) is 4.56. The van der Waals surface area contributed by atoms with Crippen molar-refractivity contribution in [3.8, 4) is 0 Å². The summed E-state index contributed by atoms with van der Waals surface area (Å²) in [5, 5.41) is 29.4. The van der Waals surface area contributed by atoms with Crippen LogP contribution >= 0.6 is 0 Å². The molecule has 22 heteroatoms. The molecule has 0 aliphatic rings. The van der Waals surface area contributed by atoms with Crippen molar-refractivity contribution in [2.45, 2.75) is 0 Å². The van der Waals surface area contributed by atoms with Crippen LogP contribution < -0.4 is 0 Å². The summed E-state index contributed by atoms with van der Waals surface area (Å²) in [6.07, 6.45) is 0. The van der Waals surface area contributed by atoms with Crippen molar-refractivity contribution >= 4 is 45.5 Å². The van der Waals surface area contributed by atoms with Crippen LogP contribution in [0.15, 0.2) is 235 Å². The van der Waals surface area contributed by atoms with Crippen LogP contribution in [0.1, 0.15) is 0 Å². The van der Waals surface area contributed by atoms with Crippen LogP contribution in [0.25, 0.3) is 21.7 Å². The molecular formula is C48H32F8N12Ru2. The summed E-state index contributed by atoms with van der Waals surface area (Å²) < 4.78 is 101. The van der Waals surface area contributed by atoms with Crippen molar-refractivity contribution in [1.29, 1.82) is 0 Å². The molecule has 8 aromatic rings. The molecule has 0 aliphatic carbocycles. The summed E-state index contributed by atoms with van der Waals surface area (Å²) in [5.74, 6) is -2.67. The summed E-state index contributed by atoms with van der Waals surface area (Å²) in [5.41, 5.74) is 19.0. The standard InChI is InChI=1S/4C12H8F2N3.2Ru/c4*13-9-1-5-11(6-2-9)15-17-16-12-7-3-10(14)4-8-12;;/h4*1-8H;;/q4*-1;2*+2. The van der Waals surface area contributed by atoms with Gasteiger partial charge in [0.2, 0.25) is 0 Å². The molecule has 8 aromatic carbocycles. The molecule has 0 unspecified atom stereocenters. The second-order valence-electron chi connectivity index (χ2n) is 13.0. The molecule has 0 spiro atoms. The maximum absolute atomic E-state index is 12.6. The maximum atomic E-state index is 12.6. The fraction of sp³-hybridized carbons (Fsp3) is 0. The molecule has 12 nitrogen and oxygen atoms in total. The van der Waals surface area contributed by atoms with Gasteiger partial charge >= 0.3 is 39.0 Å². The Balaban J connectivity index is 0.000000245. The van der Waals surface area contributed by atoms with E-state index < -0.39 is 0 Å². The zero-order valence-electron chi connectivity index (χ0n) is 35.6. The minimum absolute atomic E-state index is 0. The largest absolute Gasteiger partial charge is 2.00 e. The average molecular weight is 1130 g/mol. The predicted octanol–water partition coefficient (Wildman–Crippen LogP) is 18.7. The van der Waals surface area contributed by atoms with Gasteiger partial charge < -0.3 is 42.2 Å². The van der Waals surface area contributed by atoms with Crippen molar-refractivity contribution in [1.82, 2.24) is 0 Å². The van der Waals surface area contributed by atoms with E-state index in [1.54, 1.807) is 0 Å². The molecular weight excluding hydrogens is 1100 g/mol. The van der Waals surface area contributed by atoms with Crippen LogP contribution in [0.2, 0.25) is 0 Å². The summed E-state index contributed by atoms with van der Waals surface area (Å²) in [6.45, 7) is 0. The van der Waals surface area contributed by atoms with Crippen LogP contribution in [-0.2, 0) is 39.0 Å². The van der Waals surface area contributed by atoms with Gasteiger partial charge in [-0.25, -0.2) is 35.1 Å². The van der Waals surface area contributed by atoms with Crippen molar-refractivity contribution in [3.05, 3.63) is 262 Å². The van der Waals surface area contributed by atoms with Gasteiger partial charge in [-0.1, -0.05) is 97.1 Å². The van der Waals surface area contributed by atoms with Gasteiger partial charge in [0, 0.05) is 0 Å². The molecule has 0 aliphatic heterocycles. The van der Waals surface area contributed by atoms with E-state index in [0.717, 1.165) is 0 Å². The average Bonchev–Trinajstić information content (AvgIpc) is 3.35. The zero-order chi connectivity index (χ0) is 48.4. The molecule has 8 rings (SSSR count). The topological polar surface area (TPSA) is 155 Å². The van der Waals surface area contributed by atoms with Crippen LogP contribution in [0.3, 0.4) is 0 Å². The minimum Gasteiger partial charge on any atom is -0.350 e.